The molecule has 1 rings (SSSR count). The topological polar surface area (TPSA) is 50.8 Å². The Hall–Kier alpha value is -1.50. The quantitative estimate of drug-likeness (QED) is 0.206. The zero-order valence-electron chi connectivity index (χ0n) is 20.0. The summed E-state index contributed by atoms with van der Waals surface area (Å²) in [5, 5.41) is 3.41. The second-order valence-corrected chi connectivity index (χ2v) is 8.53. The van der Waals surface area contributed by atoms with Crippen molar-refractivity contribution in [2.24, 2.45) is 0 Å². The van der Waals surface area contributed by atoms with Crippen molar-refractivity contribution in [1.82, 2.24) is 0 Å². The van der Waals surface area contributed by atoms with E-state index in [-0.39, 0.29) is 5.78 Å². The van der Waals surface area contributed by atoms with Gasteiger partial charge in [-0.1, -0.05) is 45.3 Å². The molecule has 1 N–H and O–H groups in total. The summed E-state index contributed by atoms with van der Waals surface area (Å²) in [4.78, 5) is 14.4. The minimum absolute atomic E-state index is 0.195. The van der Waals surface area contributed by atoms with Crippen molar-refractivity contribution < 1.29 is 14.3 Å². The summed E-state index contributed by atoms with van der Waals surface area (Å²) in [5.41, 5.74) is 2.89. The first kappa shape index (κ1) is 27.5. The van der Waals surface area contributed by atoms with Gasteiger partial charge in [0.15, 0.2) is 5.78 Å². The second-order valence-electron chi connectivity index (χ2n) is 8.32. The molecule has 5 nitrogen and oxygen atoms in total. The highest BCUT2D eigenvalue weighted by Crippen LogP contribution is 2.26. The number of rotatable bonds is 19. The molecule has 0 amide bonds. The number of nitrogens with zero attached hydrogens (tertiary/aromatic N) is 1. The van der Waals surface area contributed by atoms with Crippen LogP contribution in [-0.4, -0.2) is 49.8 Å². The van der Waals surface area contributed by atoms with Crippen LogP contribution in [0.4, 0.5) is 11.4 Å². The highest BCUT2D eigenvalue weighted by molar-refractivity contribution is 7.79. The summed E-state index contributed by atoms with van der Waals surface area (Å²) in [6, 6.07) is 8.05. The van der Waals surface area contributed by atoms with E-state index in [1.54, 1.807) is 5.49 Å². The van der Waals surface area contributed by atoms with Gasteiger partial charge in [0, 0.05) is 37.6 Å². The maximum absolute atomic E-state index is 12.5. The average Bonchev–Trinajstić information content (AvgIpc) is 2.76. The fourth-order valence-electron chi connectivity index (χ4n) is 3.28. The molecular formula is C25H42N2O3S. The Balaban J connectivity index is 2.27. The zero-order chi connectivity index (χ0) is 23.0. The molecule has 0 aliphatic rings. The van der Waals surface area contributed by atoms with Gasteiger partial charge in [-0.25, -0.2) is 0 Å². The van der Waals surface area contributed by atoms with E-state index in [9.17, 15) is 4.79 Å². The number of Topliss-reactive ketones (excluding diaryl/α,β-unsaturated/α-hetero) is 1. The van der Waals surface area contributed by atoms with E-state index >= 15 is 0 Å². The number of unbranched alkanes of at least 4 members (excludes halogenated alkanes) is 3. The molecule has 0 saturated heterocycles. The van der Waals surface area contributed by atoms with Gasteiger partial charge in [0.1, 0.15) is 0 Å². The zero-order valence-corrected chi connectivity index (χ0v) is 20.8. The largest absolute Gasteiger partial charge is 0.385 e. The number of hydrogen-bond acceptors (Lipinski definition) is 5. The highest BCUT2D eigenvalue weighted by Gasteiger charge is 2.32. The third-order valence-electron chi connectivity index (χ3n) is 5.32. The average molecular weight is 451 g/mol. The van der Waals surface area contributed by atoms with Crippen LogP contribution in [0.15, 0.2) is 24.3 Å². The molecule has 0 spiro atoms. The van der Waals surface area contributed by atoms with Crippen molar-refractivity contribution in [3.8, 4) is 0 Å². The molecule has 1 aromatic rings. The van der Waals surface area contributed by atoms with E-state index in [4.69, 9.17) is 21.7 Å². The number of anilines is 2. The SMILES string of the molecule is CCCCCCOCCOCCCNc1ccc(N(C=S)C(C)(C)C(=O)CCC)cc1. The Morgan fingerprint density at radius 2 is 1.61 bits per heavy atom. The number of nitrogens with one attached hydrogen (secondary N) is 1. The van der Waals surface area contributed by atoms with Crippen LogP contribution >= 0.6 is 12.2 Å². The van der Waals surface area contributed by atoms with Crippen molar-refractivity contribution in [3.05, 3.63) is 24.3 Å². The number of benzene rings is 1. The van der Waals surface area contributed by atoms with Gasteiger partial charge in [0.2, 0.25) is 0 Å². The fraction of sp³-hybridized carbons (Fsp3) is 0.680. The maximum atomic E-state index is 12.5. The standard InChI is InChI=1S/C25H42N2O3S/c1-5-7-8-9-17-29-19-20-30-18-10-16-26-22-12-14-23(15-13-22)27(21-31)25(3,4)24(28)11-6-2/h12-15,21,26H,5-11,16-20H2,1-4H3. The van der Waals surface area contributed by atoms with Gasteiger partial charge < -0.3 is 19.7 Å². The normalized spacial score (nSPS) is 11.4. The minimum atomic E-state index is -0.650. The molecule has 0 unspecified atom stereocenters. The highest BCUT2D eigenvalue weighted by atomic mass is 32.1. The Labute approximate surface area is 194 Å². The summed E-state index contributed by atoms with van der Waals surface area (Å²) < 4.78 is 11.2. The predicted molar refractivity (Wildman–Crippen MR) is 135 cm³/mol. The van der Waals surface area contributed by atoms with Gasteiger partial charge in [0.25, 0.3) is 0 Å². The molecule has 6 heteroatoms. The smallest absolute Gasteiger partial charge is 0.158 e. The molecule has 1 aromatic carbocycles. The Bertz CT molecular complexity index is 620. The molecule has 0 saturated carbocycles. The summed E-state index contributed by atoms with van der Waals surface area (Å²) in [7, 11) is 0. The predicted octanol–water partition coefficient (Wildman–Crippen LogP) is 6.01. The third-order valence-corrected chi connectivity index (χ3v) is 5.53. The Kier molecular flexibility index (Phi) is 14.4. The molecule has 0 radical (unpaired) electrons. The van der Waals surface area contributed by atoms with Crippen LogP contribution in [0.25, 0.3) is 0 Å². The number of ketones is 1. The first-order chi connectivity index (χ1) is 15.0. The molecule has 0 aliphatic carbocycles. The van der Waals surface area contributed by atoms with Crippen molar-refractivity contribution in [3.63, 3.8) is 0 Å². The molecule has 0 atom stereocenters. The first-order valence-electron chi connectivity index (χ1n) is 11.7. The monoisotopic (exact) mass is 450 g/mol. The number of carbonyl (C=O) groups excluding carboxylic acids is 1. The minimum Gasteiger partial charge on any atom is -0.385 e. The van der Waals surface area contributed by atoms with Gasteiger partial charge >= 0.3 is 0 Å². The second kappa shape index (κ2) is 16.2. The van der Waals surface area contributed by atoms with Crippen LogP contribution in [0.2, 0.25) is 0 Å². The Morgan fingerprint density at radius 1 is 0.968 bits per heavy atom. The molecule has 0 aromatic heterocycles. The molecule has 0 bridgehead atoms. The van der Waals surface area contributed by atoms with Crippen LogP contribution in [0.5, 0.6) is 0 Å². The molecule has 31 heavy (non-hydrogen) atoms. The van der Waals surface area contributed by atoms with Gasteiger partial charge in [-0.2, -0.15) is 0 Å². The molecule has 0 heterocycles. The summed E-state index contributed by atoms with van der Waals surface area (Å²) >= 11 is 5.21. The molecule has 176 valence electrons. The summed E-state index contributed by atoms with van der Waals surface area (Å²) in [6.07, 6.45) is 7.27. The van der Waals surface area contributed by atoms with E-state index in [2.05, 4.69) is 12.2 Å². The fourth-order valence-corrected chi connectivity index (χ4v) is 3.67. The lowest BCUT2D eigenvalue weighted by molar-refractivity contribution is -0.122. The van der Waals surface area contributed by atoms with Gasteiger partial charge in [-0.3, -0.25) is 4.79 Å². The van der Waals surface area contributed by atoms with Crippen LogP contribution in [0.3, 0.4) is 0 Å². The molecular weight excluding hydrogens is 408 g/mol. The van der Waals surface area contributed by atoms with E-state index in [1.807, 2.05) is 49.9 Å². The Morgan fingerprint density at radius 3 is 2.19 bits per heavy atom. The van der Waals surface area contributed by atoms with Crippen LogP contribution in [0.1, 0.15) is 72.6 Å². The number of ether oxygens (including phenoxy) is 2. The van der Waals surface area contributed by atoms with Crippen LogP contribution in [0, 0.1) is 0 Å². The van der Waals surface area contributed by atoms with E-state index in [0.29, 0.717) is 19.6 Å². The van der Waals surface area contributed by atoms with Crippen molar-refractivity contribution >= 4 is 34.9 Å². The van der Waals surface area contributed by atoms with Crippen LogP contribution in [-0.2, 0) is 14.3 Å². The third kappa shape index (κ3) is 10.6. The maximum Gasteiger partial charge on any atom is 0.158 e. The van der Waals surface area contributed by atoms with E-state index < -0.39 is 5.54 Å². The van der Waals surface area contributed by atoms with Crippen LogP contribution < -0.4 is 10.2 Å². The lowest BCUT2D eigenvalue weighted by atomic mass is 9.93. The number of carbonyl (C=O) groups is 1. The van der Waals surface area contributed by atoms with Crippen molar-refractivity contribution in [2.45, 2.75) is 78.2 Å². The first-order valence-corrected chi connectivity index (χ1v) is 12.2. The lowest BCUT2D eigenvalue weighted by Crippen LogP contribution is -2.49. The molecule has 0 fully saturated rings. The van der Waals surface area contributed by atoms with Gasteiger partial charge in [-0.05, 0) is 57.4 Å². The van der Waals surface area contributed by atoms with E-state index in [0.717, 1.165) is 50.4 Å². The van der Waals surface area contributed by atoms with Crippen molar-refractivity contribution in [2.75, 3.05) is 43.2 Å². The lowest BCUT2D eigenvalue weighted by Gasteiger charge is -2.36. The number of thiocarbonyl (C=S) groups is 1. The molecule has 0 aliphatic heterocycles. The van der Waals surface area contributed by atoms with Gasteiger partial charge in [0.05, 0.1) is 24.2 Å². The van der Waals surface area contributed by atoms with E-state index in [1.165, 1.54) is 19.3 Å². The van der Waals surface area contributed by atoms with Crippen molar-refractivity contribution in [1.29, 1.82) is 0 Å². The number of hydrogen-bond donors (Lipinski definition) is 1. The summed E-state index contributed by atoms with van der Waals surface area (Å²) in [6.45, 7) is 11.8. The van der Waals surface area contributed by atoms with Gasteiger partial charge in [-0.15, -0.1) is 0 Å². The summed E-state index contributed by atoms with van der Waals surface area (Å²) in [5.74, 6) is 0.195.